The Bertz CT molecular complexity index is 586. The first-order valence-electron chi connectivity index (χ1n) is 7.44. The Hall–Kier alpha value is -2.05. The predicted octanol–water partition coefficient (Wildman–Crippen LogP) is 3.16. The molecule has 1 amide bonds. The summed E-state index contributed by atoms with van der Waals surface area (Å²) in [4.78, 5) is 23.2. The van der Waals surface area contributed by atoms with Gasteiger partial charge in [-0.3, -0.25) is 9.59 Å². The summed E-state index contributed by atoms with van der Waals surface area (Å²) in [6, 6.07) is 5.94. The number of benzene rings is 1. The van der Waals surface area contributed by atoms with Crippen LogP contribution in [-0.4, -0.2) is 29.2 Å². The van der Waals surface area contributed by atoms with E-state index in [1.54, 1.807) is 12.1 Å². The molecule has 4 nitrogen and oxygen atoms in total. The van der Waals surface area contributed by atoms with E-state index in [0.29, 0.717) is 24.8 Å². The topological polar surface area (TPSA) is 66.4 Å². The number of hydrogen-bond donors (Lipinski definition) is 2. The average molecular weight is 329 g/mol. The maximum atomic E-state index is 12.4. The molecule has 2 rings (SSSR count). The third-order valence-corrected chi connectivity index (χ3v) is 4.06. The van der Waals surface area contributed by atoms with Crippen molar-refractivity contribution >= 4 is 11.9 Å². The van der Waals surface area contributed by atoms with Crippen LogP contribution < -0.4 is 5.32 Å². The second kappa shape index (κ2) is 7.02. The molecule has 7 heteroatoms. The number of alkyl halides is 3. The van der Waals surface area contributed by atoms with E-state index >= 15 is 0 Å². The number of nitrogens with one attached hydrogen (secondary N) is 1. The lowest BCUT2D eigenvalue weighted by Gasteiger charge is -2.15. The molecule has 0 aromatic heterocycles. The highest BCUT2D eigenvalue weighted by Crippen LogP contribution is 2.27. The van der Waals surface area contributed by atoms with Gasteiger partial charge in [-0.15, -0.1) is 0 Å². The van der Waals surface area contributed by atoms with Crippen LogP contribution in [0.25, 0.3) is 0 Å². The quantitative estimate of drug-likeness (QED) is 0.872. The van der Waals surface area contributed by atoms with E-state index in [-0.39, 0.29) is 18.0 Å². The maximum Gasteiger partial charge on any atom is 0.389 e. The van der Waals surface area contributed by atoms with E-state index in [2.05, 4.69) is 5.32 Å². The van der Waals surface area contributed by atoms with Gasteiger partial charge in [-0.1, -0.05) is 18.2 Å². The SMILES string of the molecule is O=C(N[C@@H]1CC[C@H](C(=O)O)C1)c1ccccc1CCC(F)(F)F. The summed E-state index contributed by atoms with van der Waals surface area (Å²) in [6.45, 7) is 0. The van der Waals surface area contributed by atoms with Crippen molar-refractivity contribution in [2.24, 2.45) is 5.92 Å². The van der Waals surface area contributed by atoms with Crippen LogP contribution in [0.2, 0.25) is 0 Å². The molecule has 0 heterocycles. The van der Waals surface area contributed by atoms with Gasteiger partial charge in [0.15, 0.2) is 0 Å². The minimum Gasteiger partial charge on any atom is -0.481 e. The van der Waals surface area contributed by atoms with Crippen LogP contribution in [-0.2, 0) is 11.2 Å². The summed E-state index contributed by atoms with van der Waals surface area (Å²) in [5.41, 5.74) is 0.561. The van der Waals surface area contributed by atoms with Crippen LogP contribution in [0.5, 0.6) is 0 Å². The van der Waals surface area contributed by atoms with Crippen molar-refractivity contribution in [2.45, 2.75) is 44.3 Å². The second-order valence-electron chi connectivity index (χ2n) is 5.79. The Morgan fingerprint density at radius 2 is 1.91 bits per heavy atom. The number of carbonyl (C=O) groups excluding carboxylic acids is 1. The molecule has 1 aromatic carbocycles. The van der Waals surface area contributed by atoms with Crippen LogP contribution in [0, 0.1) is 5.92 Å². The van der Waals surface area contributed by atoms with Gasteiger partial charge in [-0.05, 0) is 37.3 Å². The Kier molecular flexibility index (Phi) is 5.28. The van der Waals surface area contributed by atoms with Gasteiger partial charge >= 0.3 is 12.1 Å². The third kappa shape index (κ3) is 4.97. The zero-order valence-electron chi connectivity index (χ0n) is 12.4. The molecule has 0 aliphatic heterocycles. The van der Waals surface area contributed by atoms with Gasteiger partial charge in [0.25, 0.3) is 5.91 Å². The number of aryl methyl sites for hydroxylation is 1. The molecule has 0 radical (unpaired) electrons. The van der Waals surface area contributed by atoms with E-state index < -0.39 is 30.4 Å². The summed E-state index contributed by atoms with van der Waals surface area (Å²) in [5.74, 6) is -1.80. The molecule has 0 saturated heterocycles. The molecule has 1 saturated carbocycles. The Morgan fingerprint density at radius 3 is 2.52 bits per heavy atom. The highest BCUT2D eigenvalue weighted by atomic mass is 19.4. The molecular formula is C16H18F3NO3. The molecule has 126 valence electrons. The van der Waals surface area contributed by atoms with Crippen molar-refractivity contribution in [1.29, 1.82) is 0 Å². The number of halogens is 3. The maximum absolute atomic E-state index is 12.4. The van der Waals surface area contributed by atoms with Gasteiger partial charge in [0.1, 0.15) is 0 Å². The fourth-order valence-corrected chi connectivity index (χ4v) is 2.84. The van der Waals surface area contributed by atoms with E-state index in [1.807, 2.05) is 0 Å². The number of amides is 1. The van der Waals surface area contributed by atoms with Crippen LogP contribution in [0.1, 0.15) is 41.6 Å². The van der Waals surface area contributed by atoms with Gasteiger partial charge in [0.05, 0.1) is 5.92 Å². The van der Waals surface area contributed by atoms with Gasteiger partial charge in [-0.2, -0.15) is 13.2 Å². The van der Waals surface area contributed by atoms with E-state index in [1.165, 1.54) is 12.1 Å². The zero-order valence-corrected chi connectivity index (χ0v) is 12.4. The fourth-order valence-electron chi connectivity index (χ4n) is 2.84. The molecule has 2 N–H and O–H groups in total. The third-order valence-electron chi connectivity index (χ3n) is 4.06. The highest BCUT2D eigenvalue weighted by molar-refractivity contribution is 5.96. The van der Waals surface area contributed by atoms with Crippen LogP contribution >= 0.6 is 0 Å². The zero-order chi connectivity index (χ0) is 17.0. The van der Waals surface area contributed by atoms with Gasteiger partial charge in [0, 0.05) is 18.0 Å². The lowest BCUT2D eigenvalue weighted by Crippen LogP contribution is -2.34. The standard InChI is InChI=1S/C16H18F3NO3/c17-16(18,19)8-7-10-3-1-2-4-13(10)14(21)20-12-6-5-11(9-12)15(22)23/h1-4,11-12H,5-9H2,(H,20,21)(H,22,23)/t11-,12+/m0/s1. The van der Waals surface area contributed by atoms with Crippen LogP contribution in [0.4, 0.5) is 13.2 Å². The molecule has 1 aliphatic rings. The summed E-state index contributed by atoms with van der Waals surface area (Å²) < 4.78 is 37.1. The molecule has 1 fully saturated rings. The van der Waals surface area contributed by atoms with Gasteiger partial charge in [0.2, 0.25) is 0 Å². The number of carboxylic acids is 1. The summed E-state index contributed by atoms with van der Waals surface area (Å²) in [6.07, 6.45) is -4.10. The first-order valence-corrected chi connectivity index (χ1v) is 7.44. The number of rotatable bonds is 5. The van der Waals surface area contributed by atoms with Crippen molar-refractivity contribution in [2.75, 3.05) is 0 Å². The number of carbonyl (C=O) groups is 2. The van der Waals surface area contributed by atoms with Crippen molar-refractivity contribution in [3.05, 3.63) is 35.4 Å². The smallest absolute Gasteiger partial charge is 0.389 e. The number of carboxylic acid groups (broad SMARTS) is 1. The van der Waals surface area contributed by atoms with Gasteiger partial charge in [-0.25, -0.2) is 0 Å². The first kappa shape index (κ1) is 17.3. The molecule has 1 aliphatic carbocycles. The Labute approximate surface area is 131 Å². The lowest BCUT2D eigenvalue weighted by molar-refractivity contribution is -0.141. The van der Waals surface area contributed by atoms with E-state index in [0.717, 1.165) is 0 Å². The number of aliphatic carboxylic acids is 1. The lowest BCUT2D eigenvalue weighted by atomic mass is 10.0. The fraction of sp³-hybridized carbons (Fsp3) is 0.500. The summed E-state index contributed by atoms with van der Waals surface area (Å²) >= 11 is 0. The van der Waals surface area contributed by atoms with Crippen LogP contribution in [0.15, 0.2) is 24.3 Å². The molecule has 0 bridgehead atoms. The predicted molar refractivity (Wildman–Crippen MR) is 77.0 cm³/mol. The largest absolute Gasteiger partial charge is 0.481 e. The average Bonchev–Trinajstić information content (AvgIpc) is 2.93. The normalized spacial score (nSPS) is 21.2. The summed E-state index contributed by atoms with van der Waals surface area (Å²) in [5, 5.41) is 11.7. The minimum atomic E-state index is -4.27. The van der Waals surface area contributed by atoms with Crippen molar-refractivity contribution < 1.29 is 27.9 Å². The van der Waals surface area contributed by atoms with Crippen LogP contribution in [0.3, 0.4) is 0 Å². The second-order valence-corrected chi connectivity index (χ2v) is 5.79. The molecule has 0 spiro atoms. The number of hydrogen-bond acceptors (Lipinski definition) is 2. The van der Waals surface area contributed by atoms with Crippen molar-refractivity contribution in [1.82, 2.24) is 5.32 Å². The summed E-state index contributed by atoms with van der Waals surface area (Å²) in [7, 11) is 0. The first-order chi connectivity index (χ1) is 10.8. The Morgan fingerprint density at radius 1 is 1.22 bits per heavy atom. The highest BCUT2D eigenvalue weighted by Gasteiger charge is 2.31. The van der Waals surface area contributed by atoms with Crippen molar-refractivity contribution in [3.8, 4) is 0 Å². The van der Waals surface area contributed by atoms with Gasteiger partial charge < -0.3 is 10.4 Å². The molecular weight excluding hydrogens is 311 g/mol. The van der Waals surface area contributed by atoms with E-state index in [4.69, 9.17) is 5.11 Å². The van der Waals surface area contributed by atoms with Crippen molar-refractivity contribution in [3.63, 3.8) is 0 Å². The van der Waals surface area contributed by atoms with E-state index in [9.17, 15) is 22.8 Å². The monoisotopic (exact) mass is 329 g/mol. The Balaban J connectivity index is 2.01. The minimum absolute atomic E-state index is 0.218. The molecule has 1 aromatic rings. The molecule has 2 atom stereocenters. The molecule has 23 heavy (non-hydrogen) atoms. The molecule has 0 unspecified atom stereocenters.